The second kappa shape index (κ2) is 3.78. The summed E-state index contributed by atoms with van der Waals surface area (Å²) in [6.07, 6.45) is 0. The summed E-state index contributed by atoms with van der Waals surface area (Å²) in [4.78, 5) is 21.6. The Morgan fingerprint density at radius 2 is 2.07 bits per heavy atom. The molecule has 0 aromatic heterocycles. The molecule has 5 heteroatoms. The van der Waals surface area contributed by atoms with Crippen LogP contribution >= 0.6 is 0 Å². The third-order valence-corrected chi connectivity index (χ3v) is 1.63. The predicted molar refractivity (Wildman–Crippen MR) is 49.9 cm³/mol. The molecule has 0 radical (unpaired) electrons. The molecule has 0 saturated heterocycles. The number of amides is 3. The number of phenols is 1. The topological polar surface area (TPSA) is 92.4 Å². The molecule has 0 saturated carbocycles. The second-order valence-corrected chi connectivity index (χ2v) is 2.84. The van der Waals surface area contributed by atoms with Gasteiger partial charge in [0.2, 0.25) is 0 Å². The Kier molecular flexibility index (Phi) is 2.71. The lowest BCUT2D eigenvalue weighted by Gasteiger charge is -2.04. The molecule has 5 nitrogen and oxygen atoms in total. The van der Waals surface area contributed by atoms with E-state index in [-0.39, 0.29) is 11.3 Å². The van der Waals surface area contributed by atoms with E-state index in [1.807, 2.05) is 5.32 Å². The highest BCUT2D eigenvalue weighted by Gasteiger charge is 2.12. The molecule has 3 amide bonds. The van der Waals surface area contributed by atoms with E-state index in [1.165, 1.54) is 12.1 Å². The van der Waals surface area contributed by atoms with Gasteiger partial charge in [-0.3, -0.25) is 10.1 Å². The lowest BCUT2D eigenvalue weighted by atomic mass is 10.1. The average molecular weight is 194 g/mol. The number of urea groups is 1. The molecule has 14 heavy (non-hydrogen) atoms. The van der Waals surface area contributed by atoms with Crippen molar-refractivity contribution >= 4 is 11.9 Å². The monoisotopic (exact) mass is 194 g/mol. The normalized spacial score (nSPS) is 9.50. The third kappa shape index (κ3) is 2.22. The minimum absolute atomic E-state index is 0.0313. The van der Waals surface area contributed by atoms with E-state index in [0.717, 1.165) is 5.56 Å². The summed E-state index contributed by atoms with van der Waals surface area (Å²) >= 11 is 0. The van der Waals surface area contributed by atoms with Gasteiger partial charge in [-0.25, -0.2) is 4.79 Å². The van der Waals surface area contributed by atoms with Crippen molar-refractivity contribution in [3.63, 3.8) is 0 Å². The first kappa shape index (κ1) is 10.0. The molecule has 4 N–H and O–H groups in total. The summed E-state index contributed by atoms with van der Waals surface area (Å²) in [5.41, 5.74) is 5.60. The van der Waals surface area contributed by atoms with Crippen molar-refractivity contribution in [2.24, 2.45) is 5.73 Å². The molecule has 0 aliphatic heterocycles. The molecule has 0 aliphatic rings. The molecule has 1 aromatic carbocycles. The molecule has 0 bridgehead atoms. The van der Waals surface area contributed by atoms with Crippen LogP contribution in [-0.4, -0.2) is 17.0 Å². The number of nitrogens with one attached hydrogen (secondary N) is 1. The van der Waals surface area contributed by atoms with Gasteiger partial charge in [0, 0.05) is 0 Å². The Labute approximate surface area is 80.5 Å². The maximum absolute atomic E-state index is 11.3. The van der Waals surface area contributed by atoms with Crippen LogP contribution in [0.2, 0.25) is 0 Å². The first-order valence-corrected chi connectivity index (χ1v) is 3.91. The first-order chi connectivity index (χ1) is 6.50. The van der Waals surface area contributed by atoms with Crippen LogP contribution in [0.5, 0.6) is 5.75 Å². The van der Waals surface area contributed by atoms with Gasteiger partial charge in [-0.2, -0.15) is 0 Å². The Balaban J connectivity index is 3.00. The summed E-state index contributed by atoms with van der Waals surface area (Å²) in [6.45, 7) is 1.76. The van der Waals surface area contributed by atoms with Gasteiger partial charge in [-0.15, -0.1) is 0 Å². The number of aryl methyl sites for hydroxylation is 1. The van der Waals surface area contributed by atoms with Crippen LogP contribution in [0.3, 0.4) is 0 Å². The minimum Gasteiger partial charge on any atom is -0.507 e. The van der Waals surface area contributed by atoms with Crippen molar-refractivity contribution < 1.29 is 14.7 Å². The molecule has 0 spiro atoms. The van der Waals surface area contributed by atoms with E-state index in [2.05, 4.69) is 0 Å². The molecule has 0 unspecified atom stereocenters. The fourth-order valence-electron chi connectivity index (χ4n) is 1.01. The lowest BCUT2D eigenvalue weighted by Crippen LogP contribution is -2.34. The molecule has 0 aliphatic carbocycles. The van der Waals surface area contributed by atoms with Gasteiger partial charge >= 0.3 is 6.03 Å². The van der Waals surface area contributed by atoms with Gasteiger partial charge in [-0.1, -0.05) is 11.6 Å². The van der Waals surface area contributed by atoms with Crippen molar-refractivity contribution in [3.8, 4) is 5.75 Å². The number of nitrogens with two attached hydrogens (primary N) is 1. The Morgan fingerprint density at radius 3 is 2.64 bits per heavy atom. The molecule has 0 fully saturated rings. The summed E-state index contributed by atoms with van der Waals surface area (Å²) in [7, 11) is 0. The molecule has 0 heterocycles. The molecule has 0 atom stereocenters. The highest BCUT2D eigenvalue weighted by molar-refractivity contribution is 6.05. The van der Waals surface area contributed by atoms with Crippen LogP contribution in [-0.2, 0) is 0 Å². The molecule has 74 valence electrons. The fraction of sp³-hybridized carbons (Fsp3) is 0.111. The fourth-order valence-corrected chi connectivity index (χ4v) is 1.01. The SMILES string of the molecule is Cc1ccc(O)c(C(=O)NC(N)=O)c1. The minimum atomic E-state index is -0.948. The second-order valence-electron chi connectivity index (χ2n) is 2.84. The maximum Gasteiger partial charge on any atom is 0.319 e. The van der Waals surface area contributed by atoms with E-state index in [9.17, 15) is 14.7 Å². The van der Waals surface area contributed by atoms with Gasteiger partial charge in [0.05, 0.1) is 5.56 Å². The predicted octanol–water partition coefficient (Wildman–Crippen LogP) is 0.509. The van der Waals surface area contributed by atoms with Crippen molar-refractivity contribution in [1.82, 2.24) is 5.32 Å². The van der Waals surface area contributed by atoms with Crippen molar-refractivity contribution in [1.29, 1.82) is 0 Å². The van der Waals surface area contributed by atoms with Crippen molar-refractivity contribution in [2.45, 2.75) is 6.92 Å². The zero-order chi connectivity index (χ0) is 10.7. The maximum atomic E-state index is 11.3. The number of phenolic OH excluding ortho intramolecular Hbond substituents is 1. The van der Waals surface area contributed by atoms with Crippen LogP contribution in [0.15, 0.2) is 18.2 Å². The van der Waals surface area contributed by atoms with E-state index in [0.29, 0.717) is 0 Å². The van der Waals surface area contributed by atoms with Crippen LogP contribution in [0, 0.1) is 6.92 Å². The summed E-state index contributed by atoms with van der Waals surface area (Å²) in [5, 5.41) is 11.2. The number of carbonyl (C=O) groups excluding carboxylic acids is 2. The van der Waals surface area contributed by atoms with Crippen LogP contribution in [0.4, 0.5) is 4.79 Å². The third-order valence-electron chi connectivity index (χ3n) is 1.63. The Bertz CT molecular complexity index is 388. The zero-order valence-corrected chi connectivity index (χ0v) is 7.57. The quantitative estimate of drug-likeness (QED) is 0.608. The van der Waals surface area contributed by atoms with Crippen LogP contribution in [0.1, 0.15) is 15.9 Å². The van der Waals surface area contributed by atoms with Crippen LogP contribution in [0.25, 0.3) is 0 Å². The average Bonchev–Trinajstić information content (AvgIpc) is 2.08. The smallest absolute Gasteiger partial charge is 0.319 e. The highest BCUT2D eigenvalue weighted by atomic mass is 16.3. The van der Waals surface area contributed by atoms with Crippen molar-refractivity contribution in [3.05, 3.63) is 29.3 Å². The van der Waals surface area contributed by atoms with E-state index in [4.69, 9.17) is 5.73 Å². The first-order valence-electron chi connectivity index (χ1n) is 3.91. The highest BCUT2D eigenvalue weighted by Crippen LogP contribution is 2.17. The number of carbonyl (C=O) groups is 2. The summed E-state index contributed by atoms with van der Waals surface area (Å²) in [5.74, 6) is -0.895. The van der Waals surface area contributed by atoms with E-state index in [1.54, 1.807) is 13.0 Å². The van der Waals surface area contributed by atoms with E-state index >= 15 is 0 Å². The van der Waals surface area contributed by atoms with Crippen molar-refractivity contribution in [2.75, 3.05) is 0 Å². The van der Waals surface area contributed by atoms with Crippen LogP contribution < -0.4 is 11.1 Å². The molecule has 1 rings (SSSR count). The van der Waals surface area contributed by atoms with Gasteiger partial charge in [-0.05, 0) is 19.1 Å². The number of primary amides is 1. The molecular formula is C9H10N2O3. The number of hydrogen-bond donors (Lipinski definition) is 3. The lowest BCUT2D eigenvalue weighted by molar-refractivity contribution is 0.0963. The van der Waals surface area contributed by atoms with E-state index < -0.39 is 11.9 Å². The largest absolute Gasteiger partial charge is 0.507 e. The number of rotatable bonds is 1. The van der Waals surface area contributed by atoms with Gasteiger partial charge in [0.25, 0.3) is 5.91 Å². The summed E-state index contributed by atoms with van der Waals surface area (Å²) < 4.78 is 0. The number of imide groups is 1. The van der Waals surface area contributed by atoms with Gasteiger partial charge in [0.1, 0.15) is 5.75 Å². The Morgan fingerprint density at radius 1 is 1.43 bits per heavy atom. The standard InChI is InChI=1S/C9H10N2O3/c1-5-2-3-7(12)6(4-5)8(13)11-9(10)14/h2-4,12H,1H3,(H3,10,11,13,14). The molecule has 1 aromatic rings. The number of hydrogen-bond acceptors (Lipinski definition) is 3. The Hall–Kier alpha value is -2.04. The summed E-state index contributed by atoms with van der Waals surface area (Å²) in [6, 6.07) is 3.55. The van der Waals surface area contributed by atoms with Gasteiger partial charge in [0.15, 0.2) is 0 Å². The molecular weight excluding hydrogens is 184 g/mol. The van der Waals surface area contributed by atoms with Gasteiger partial charge < -0.3 is 10.8 Å². The number of benzene rings is 1. The zero-order valence-electron chi connectivity index (χ0n) is 7.57. The number of aromatic hydroxyl groups is 1.